The van der Waals surface area contributed by atoms with Gasteiger partial charge in [0.25, 0.3) is 0 Å². The van der Waals surface area contributed by atoms with Gasteiger partial charge >= 0.3 is 0 Å². The molecular formula is C7H8NO2-. The van der Waals surface area contributed by atoms with Crippen LogP contribution < -0.4 is 10.7 Å². The summed E-state index contributed by atoms with van der Waals surface area (Å²) < 4.78 is 0. The predicted octanol–water partition coefficient (Wildman–Crippen LogP) is 0.0653. The maximum absolute atomic E-state index is 10.8. The molecule has 1 aromatic rings. The smallest absolute Gasteiger partial charge is 0.247 e. The van der Waals surface area contributed by atoms with Crippen molar-refractivity contribution in [1.82, 2.24) is 4.98 Å². The highest BCUT2D eigenvalue weighted by molar-refractivity contribution is 5.29. The Morgan fingerprint density at radius 3 is 2.60 bits per heavy atom. The minimum Gasteiger partial charge on any atom is -0.860 e. The zero-order valence-electron chi connectivity index (χ0n) is 5.89. The van der Waals surface area contributed by atoms with Crippen LogP contribution in [0.3, 0.4) is 0 Å². The molecule has 3 nitrogen and oxygen atoms in total. The van der Waals surface area contributed by atoms with Gasteiger partial charge in [-0.25, -0.2) is 0 Å². The number of hydrogen-bond acceptors (Lipinski definition) is 2. The number of H-pyrrole nitrogens is 1. The lowest BCUT2D eigenvalue weighted by molar-refractivity contribution is -0.276. The number of aromatic nitrogens is 1. The molecule has 54 valence electrons. The Labute approximate surface area is 58.3 Å². The van der Waals surface area contributed by atoms with Crippen LogP contribution in [0, 0.1) is 13.8 Å². The standard InChI is InChI=1S/C7H9NO2/c1-4-3-6(9)8-7(10)5(4)2/h3H,1-2H3,(H2,8,9,10)/p-1. The summed E-state index contributed by atoms with van der Waals surface area (Å²) in [6.45, 7) is 3.43. The van der Waals surface area contributed by atoms with E-state index in [1.54, 1.807) is 13.8 Å². The summed E-state index contributed by atoms with van der Waals surface area (Å²) in [6.07, 6.45) is 0. The molecule has 0 bridgehead atoms. The normalized spacial score (nSPS) is 9.80. The lowest BCUT2D eigenvalue weighted by Gasteiger charge is -2.10. The topological polar surface area (TPSA) is 55.9 Å². The van der Waals surface area contributed by atoms with Crippen molar-refractivity contribution in [2.24, 2.45) is 0 Å². The molecule has 0 aliphatic carbocycles. The molecule has 1 aromatic heterocycles. The van der Waals surface area contributed by atoms with Gasteiger partial charge in [-0.05, 0) is 30.9 Å². The van der Waals surface area contributed by atoms with Crippen LogP contribution in [-0.2, 0) is 0 Å². The van der Waals surface area contributed by atoms with Crippen molar-refractivity contribution in [3.63, 3.8) is 0 Å². The van der Waals surface area contributed by atoms with Crippen LogP contribution in [-0.4, -0.2) is 4.98 Å². The second kappa shape index (κ2) is 2.17. The lowest BCUT2D eigenvalue weighted by Crippen LogP contribution is -2.11. The van der Waals surface area contributed by atoms with Gasteiger partial charge in [-0.3, -0.25) is 4.79 Å². The Morgan fingerprint density at radius 2 is 2.10 bits per heavy atom. The second-order valence-corrected chi connectivity index (χ2v) is 2.27. The van der Waals surface area contributed by atoms with Gasteiger partial charge in [-0.2, -0.15) is 0 Å². The monoisotopic (exact) mass is 138 g/mol. The van der Waals surface area contributed by atoms with Gasteiger partial charge < -0.3 is 10.1 Å². The van der Waals surface area contributed by atoms with Gasteiger partial charge in [-0.15, -0.1) is 0 Å². The molecule has 3 heteroatoms. The molecule has 0 atom stereocenters. The third kappa shape index (κ3) is 1.03. The Hall–Kier alpha value is -1.25. The summed E-state index contributed by atoms with van der Waals surface area (Å²) in [5.74, 6) is -0.287. The van der Waals surface area contributed by atoms with E-state index >= 15 is 0 Å². The summed E-state index contributed by atoms with van der Waals surface area (Å²) in [4.78, 5) is 12.8. The molecule has 0 radical (unpaired) electrons. The van der Waals surface area contributed by atoms with Crippen LogP contribution in [0.25, 0.3) is 0 Å². The molecule has 10 heavy (non-hydrogen) atoms. The zero-order chi connectivity index (χ0) is 7.72. The highest BCUT2D eigenvalue weighted by atomic mass is 16.3. The number of pyridine rings is 1. The Balaban J connectivity index is 3.46. The minimum absolute atomic E-state index is 0.287. The highest BCUT2D eigenvalue weighted by Gasteiger charge is 1.92. The van der Waals surface area contributed by atoms with E-state index in [0.29, 0.717) is 5.56 Å². The fraction of sp³-hybridized carbons (Fsp3) is 0.286. The number of hydrogen-bond donors (Lipinski definition) is 1. The fourth-order valence-electron chi connectivity index (χ4n) is 0.726. The first kappa shape index (κ1) is 6.86. The maximum atomic E-state index is 10.8. The number of nitrogens with one attached hydrogen (secondary N) is 1. The Bertz CT molecular complexity index is 275. The first-order chi connectivity index (χ1) is 4.61. The highest BCUT2D eigenvalue weighted by Crippen LogP contribution is 2.08. The molecule has 0 aliphatic heterocycles. The number of aryl methyl sites for hydroxylation is 1. The molecule has 0 aliphatic rings. The third-order valence-electron chi connectivity index (χ3n) is 1.52. The summed E-state index contributed by atoms with van der Waals surface area (Å²) in [6, 6.07) is 1.41. The Morgan fingerprint density at radius 1 is 1.50 bits per heavy atom. The van der Waals surface area contributed by atoms with E-state index < -0.39 is 0 Å². The largest absolute Gasteiger partial charge is 0.860 e. The van der Waals surface area contributed by atoms with Gasteiger partial charge in [0.05, 0.1) is 0 Å². The molecule has 0 unspecified atom stereocenters. The summed E-state index contributed by atoms with van der Waals surface area (Å²) in [5.41, 5.74) is 1.03. The number of rotatable bonds is 0. The summed E-state index contributed by atoms with van der Waals surface area (Å²) in [7, 11) is 0. The van der Waals surface area contributed by atoms with Crippen molar-refractivity contribution in [3.8, 4) is 5.88 Å². The van der Waals surface area contributed by atoms with Crippen LogP contribution in [0.1, 0.15) is 11.1 Å². The third-order valence-corrected chi connectivity index (χ3v) is 1.52. The first-order valence-electron chi connectivity index (χ1n) is 2.99. The molecule has 1 N–H and O–H groups in total. The van der Waals surface area contributed by atoms with Crippen molar-refractivity contribution in [1.29, 1.82) is 0 Å². The molecule has 0 spiro atoms. The van der Waals surface area contributed by atoms with Crippen LogP contribution in [0.5, 0.6) is 5.88 Å². The SMILES string of the molecule is Cc1cc(=O)[nH]c([O-])c1C. The van der Waals surface area contributed by atoms with Crippen molar-refractivity contribution in [3.05, 3.63) is 27.5 Å². The average molecular weight is 138 g/mol. The fourth-order valence-corrected chi connectivity index (χ4v) is 0.726. The quantitative estimate of drug-likeness (QED) is 0.551. The molecule has 1 rings (SSSR count). The zero-order valence-corrected chi connectivity index (χ0v) is 5.89. The van der Waals surface area contributed by atoms with Crippen LogP contribution in [0.2, 0.25) is 0 Å². The lowest BCUT2D eigenvalue weighted by atomic mass is 10.2. The molecule has 0 saturated heterocycles. The molecule has 0 amide bonds. The minimum atomic E-state index is -0.326. The molecule has 1 heterocycles. The molecule has 0 saturated carbocycles. The van der Waals surface area contributed by atoms with Crippen molar-refractivity contribution < 1.29 is 5.11 Å². The van der Waals surface area contributed by atoms with Gasteiger partial charge in [0.1, 0.15) is 0 Å². The van der Waals surface area contributed by atoms with Crippen molar-refractivity contribution in [2.45, 2.75) is 13.8 Å². The van der Waals surface area contributed by atoms with Crippen LogP contribution >= 0.6 is 0 Å². The second-order valence-electron chi connectivity index (χ2n) is 2.27. The summed E-state index contributed by atoms with van der Waals surface area (Å²) in [5, 5.41) is 10.8. The Kier molecular flexibility index (Phi) is 1.49. The average Bonchev–Trinajstić information content (AvgIpc) is 1.82. The van der Waals surface area contributed by atoms with E-state index in [-0.39, 0.29) is 11.4 Å². The molecule has 0 fully saturated rings. The van der Waals surface area contributed by atoms with Crippen molar-refractivity contribution >= 4 is 0 Å². The van der Waals surface area contributed by atoms with Crippen molar-refractivity contribution in [2.75, 3.05) is 0 Å². The van der Waals surface area contributed by atoms with Gasteiger partial charge in [0.2, 0.25) is 5.56 Å². The molecule has 0 aromatic carbocycles. The van der Waals surface area contributed by atoms with Crippen LogP contribution in [0.4, 0.5) is 0 Å². The van der Waals surface area contributed by atoms with Crippen LogP contribution in [0.15, 0.2) is 10.9 Å². The molecular weight excluding hydrogens is 130 g/mol. The van der Waals surface area contributed by atoms with E-state index in [9.17, 15) is 9.90 Å². The van der Waals surface area contributed by atoms with Gasteiger partial charge in [-0.1, -0.05) is 0 Å². The summed E-state index contributed by atoms with van der Waals surface area (Å²) >= 11 is 0. The number of aromatic amines is 1. The first-order valence-corrected chi connectivity index (χ1v) is 2.99. The van der Waals surface area contributed by atoms with E-state index in [4.69, 9.17) is 0 Å². The van der Waals surface area contributed by atoms with E-state index in [1.807, 2.05) is 0 Å². The van der Waals surface area contributed by atoms with Gasteiger partial charge in [0, 0.05) is 6.07 Å². The maximum Gasteiger partial charge on any atom is 0.247 e. The van der Waals surface area contributed by atoms with E-state index in [0.717, 1.165) is 5.56 Å². The van der Waals surface area contributed by atoms with E-state index in [1.165, 1.54) is 6.07 Å². The van der Waals surface area contributed by atoms with E-state index in [2.05, 4.69) is 4.98 Å². The van der Waals surface area contributed by atoms with Gasteiger partial charge in [0.15, 0.2) is 0 Å². The predicted molar refractivity (Wildman–Crippen MR) is 36.0 cm³/mol.